The molecule has 1 aromatic carbocycles. The molecule has 1 fully saturated rings. The van der Waals surface area contributed by atoms with Crippen molar-refractivity contribution >= 4 is 11.8 Å². The molecular weight excluding hydrogens is 296 g/mol. The van der Waals surface area contributed by atoms with Crippen molar-refractivity contribution in [1.29, 1.82) is 0 Å². The second kappa shape index (κ2) is 8.53. The van der Waals surface area contributed by atoms with E-state index < -0.39 is 0 Å². The van der Waals surface area contributed by atoms with Crippen LogP contribution in [0, 0.1) is 0 Å². The van der Waals surface area contributed by atoms with E-state index in [-0.39, 0.29) is 30.5 Å². The Hall–Kier alpha value is -2.08. The molecule has 1 aromatic rings. The fourth-order valence-electron chi connectivity index (χ4n) is 2.37. The van der Waals surface area contributed by atoms with Gasteiger partial charge in [-0.05, 0) is 38.8 Å². The maximum Gasteiger partial charge on any atom is 0.255 e. The molecule has 1 aliphatic heterocycles. The standard InChI is InChI=1S/C17H24N2O4/c1-12(2)19-16(20)10-18-17(21)14-7-3-4-8-15(14)23-11-13-6-5-9-22-13/h3-4,7-8,12-13H,5-6,9-11H2,1-2H3,(H,18,21)(H,19,20). The van der Waals surface area contributed by atoms with Gasteiger partial charge in [0.25, 0.3) is 5.91 Å². The molecule has 0 radical (unpaired) electrons. The predicted octanol–water partition coefficient (Wildman–Crippen LogP) is 1.50. The van der Waals surface area contributed by atoms with E-state index in [2.05, 4.69) is 10.6 Å². The van der Waals surface area contributed by atoms with Gasteiger partial charge < -0.3 is 20.1 Å². The molecule has 6 nitrogen and oxygen atoms in total. The number of carbonyl (C=O) groups is 2. The number of rotatable bonds is 7. The zero-order valence-corrected chi connectivity index (χ0v) is 13.6. The van der Waals surface area contributed by atoms with Gasteiger partial charge >= 0.3 is 0 Å². The van der Waals surface area contributed by atoms with Gasteiger partial charge in [0, 0.05) is 12.6 Å². The summed E-state index contributed by atoms with van der Waals surface area (Å²) in [4.78, 5) is 23.8. The Morgan fingerprint density at radius 2 is 2.13 bits per heavy atom. The molecule has 1 unspecified atom stereocenters. The molecule has 1 atom stereocenters. The smallest absolute Gasteiger partial charge is 0.255 e. The summed E-state index contributed by atoms with van der Waals surface area (Å²) in [7, 11) is 0. The van der Waals surface area contributed by atoms with Crippen LogP contribution in [-0.4, -0.2) is 43.7 Å². The first-order valence-corrected chi connectivity index (χ1v) is 7.97. The molecule has 0 saturated carbocycles. The quantitative estimate of drug-likeness (QED) is 0.798. The van der Waals surface area contributed by atoms with Crippen LogP contribution in [0.25, 0.3) is 0 Å². The van der Waals surface area contributed by atoms with Crippen molar-refractivity contribution in [1.82, 2.24) is 10.6 Å². The van der Waals surface area contributed by atoms with Gasteiger partial charge in [-0.3, -0.25) is 9.59 Å². The van der Waals surface area contributed by atoms with Crippen molar-refractivity contribution in [2.45, 2.75) is 38.8 Å². The van der Waals surface area contributed by atoms with Gasteiger partial charge in [-0.25, -0.2) is 0 Å². The molecule has 1 saturated heterocycles. The van der Waals surface area contributed by atoms with Crippen molar-refractivity contribution < 1.29 is 19.1 Å². The molecule has 1 aliphatic rings. The Balaban J connectivity index is 1.90. The number of carbonyl (C=O) groups excluding carboxylic acids is 2. The fourth-order valence-corrected chi connectivity index (χ4v) is 2.37. The highest BCUT2D eigenvalue weighted by atomic mass is 16.5. The number of ether oxygens (including phenoxy) is 2. The van der Waals surface area contributed by atoms with E-state index >= 15 is 0 Å². The van der Waals surface area contributed by atoms with E-state index in [1.165, 1.54) is 0 Å². The lowest BCUT2D eigenvalue weighted by molar-refractivity contribution is -0.120. The van der Waals surface area contributed by atoms with Crippen molar-refractivity contribution in [2.75, 3.05) is 19.8 Å². The summed E-state index contributed by atoms with van der Waals surface area (Å²) in [6, 6.07) is 7.05. The molecule has 23 heavy (non-hydrogen) atoms. The van der Waals surface area contributed by atoms with Gasteiger partial charge in [-0.2, -0.15) is 0 Å². The first-order chi connectivity index (χ1) is 11.1. The zero-order chi connectivity index (χ0) is 16.7. The first kappa shape index (κ1) is 17.3. The Kier molecular flexibility index (Phi) is 6.40. The van der Waals surface area contributed by atoms with Crippen LogP contribution in [0.4, 0.5) is 0 Å². The lowest BCUT2D eigenvalue weighted by Gasteiger charge is -2.14. The Bertz CT molecular complexity index is 539. The topological polar surface area (TPSA) is 76.7 Å². The Labute approximate surface area is 136 Å². The molecule has 0 bridgehead atoms. The van der Waals surface area contributed by atoms with Gasteiger partial charge in [0.1, 0.15) is 12.4 Å². The zero-order valence-electron chi connectivity index (χ0n) is 13.6. The highest BCUT2D eigenvalue weighted by molar-refractivity contribution is 5.98. The van der Waals surface area contributed by atoms with Crippen LogP contribution in [-0.2, 0) is 9.53 Å². The van der Waals surface area contributed by atoms with Gasteiger partial charge in [-0.1, -0.05) is 12.1 Å². The van der Waals surface area contributed by atoms with Gasteiger partial charge in [0.05, 0.1) is 18.2 Å². The van der Waals surface area contributed by atoms with Gasteiger partial charge in [0.2, 0.25) is 5.91 Å². The Morgan fingerprint density at radius 3 is 2.83 bits per heavy atom. The third kappa shape index (κ3) is 5.56. The SMILES string of the molecule is CC(C)NC(=O)CNC(=O)c1ccccc1OCC1CCCO1. The molecule has 2 N–H and O–H groups in total. The monoisotopic (exact) mass is 320 g/mol. The lowest BCUT2D eigenvalue weighted by atomic mass is 10.2. The van der Waals surface area contributed by atoms with Crippen molar-refractivity contribution in [3.05, 3.63) is 29.8 Å². The van der Waals surface area contributed by atoms with E-state index in [4.69, 9.17) is 9.47 Å². The molecule has 2 rings (SSSR count). The summed E-state index contributed by atoms with van der Waals surface area (Å²) in [5.41, 5.74) is 0.419. The third-order valence-corrected chi connectivity index (χ3v) is 3.44. The molecule has 0 aliphatic carbocycles. The molecule has 126 valence electrons. The molecule has 1 heterocycles. The van der Waals surface area contributed by atoms with Crippen LogP contribution >= 0.6 is 0 Å². The highest BCUT2D eigenvalue weighted by Crippen LogP contribution is 2.20. The van der Waals surface area contributed by atoms with Crippen LogP contribution in [0.15, 0.2) is 24.3 Å². The molecule has 6 heteroatoms. The molecule has 0 aromatic heterocycles. The number of benzene rings is 1. The van der Waals surface area contributed by atoms with E-state index in [0.717, 1.165) is 19.4 Å². The fraction of sp³-hybridized carbons (Fsp3) is 0.529. The third-order valence-electron chi connectivity index (χ3n) is 3.44. The van der Waals surface area contributed by atoms with E-state index in [1.807, 2.05) is 19.9 Å². The normalized spacial score (nSPS) is 17.1. The number of hydrogen-bond acceptors (Lipinski definition) is 4. The van der Waals surface area contributed by atoms with E-state index in [9.17, 15) is 9.59 Å². The number of amides is 2. The molecule has 0 spiro atoms. The summed E-state index contributed by atoms with van der Waals surface area (Å²) in [5.74, 6) is -0.0391. The van der Waals surface area contributed by atoms with Gasteiger partial charge in [0.15, 0.2) is 0 Å². The largest absolute Gasteiger partial charge is 0.490 e. The minimum atomic E-state index is -0.327. The lowest BCUT2D eigenvalue weighted by Crippen LogP contribution is -2.39. The van der Waals surface area contributed by atoms with Crippen molar-refractivity contribution in [3.8, 4) is 5.75 Å². The summed E-state index contributed by atoms with van der Waals surface area (Å²) in [6.07, 6.45) is 2.10. The van der Waals surface area contributed by atoms with Crippen LogP contribution in [0.2, 0.25) is 0 Å². The van der Waals surface area contributed by atoms with Crippen LogP contribution in [0.3, 0.4) is 0 Å². The predicted molar refractivity (Wildman–Crippen MR) is 86.5 cm³/mol. The Morgan fingerprint density at radius 1 is 1.35 bits per heavy atom. The van der Waals surface area contributed by atoms with Crippen LogP contribution in [0.5, 0.6) is 5.75 Å². The summed E-state index contributed by atoms with van der Waals surface area (Å²) >= 11 is 0. The maximum absolute atomic E-state index is 12.2. The van der Waals surface area contributed by atoms with E-state index in [1.54, 1.807) is 18.2 Å². The first-order valence-electron chi connectivity index (χ1n) is 7.97. The van der Waals surface area contributed by atoms with E-state index in [0.29, 0.717) is 17.9 Å². The minimum absolute atomic E-state index is 0.0430. The van der Waals surface area contributed by atoms with Gasteiger partial charge in [-0.15, -0.1) is 0 Å². The van der Waals surface area contributed by atoms with Crippen LogP contribution in [0.1, 0.15) is 37.0 Å². The summed E-state index contributed by atoms with van der Waals surface area (Å²) in [5, 5.41) is 5.34. The highest BCUT2D eigenvalue weighted by Gasteiger charge is 2.18. The average Bonchev–Trinajstić information content (AvgIpc) is 3.03. The summed E-state index contributed by atoms with van der Waals surface area (Å²) in [6.45, 7) is 4.87. The number of nitrogens with one attached hydrogen (secondary N) is 2. The average molecular weight is 320 g/mol. The van der Waals surface area contributed by atoms with Crippen molar-refractivity contribution in [3.63, 3.8) is 0 Å². The van der Waals surface area contributed by atoms with Crippen molar-refractivity contribution in [2.24, 2.45) is 0 Å². The minimum Gasteiger partial charge on any atom is -0.490 e. The maximum atomic E-state index is 12.2. The van der Waals surface area contributed by atoms with Crippen LogP contribution < -0.4 is 15.4 Å². The second-order valence-electron chi connectivity index (χ2n) is 5.85. The second-order valence-corrected chi connectivity index (χ2v) is 5.85. The number of para-hydroxylation sites is 1. The summed E-state index contributed by atoms with van der Waals surface area (Å²) < 4.78 is 11.2. The molecule has 2 amide bonds. The number of hydrogen-bond donors (Lipinski definition) is 2. The molecular formula is C17H24N2O4.